The number of anilines is 3. The number of rotatable bonds is 8. The van der Waals surface area contributed by atoms with Gasteiger partial charge in [-0.15, -0.1) is 0 Å². The van der Waals surface area contributed by atoms with Gasteiger partial charge in [0.25, 0.3) is 11.5 Å². The molecule has 0 aliphatic rings. The monoisotopic (exact) mass is 466 g/mol. The minimum Gasteiger partial charge on any atom is -0.396 e. The van der Waals surface area contributed by atoms with Crippen molar-refractivity contribution in [2.75, 3.05) is 30.8 Å². The van der Waals surface area contributed by atoms with E-state index in [1.54, 1.807) is 26.1 Å². The molecule has 1 amide bonds. The largest absolute Gasteiger partial charge is 0.396 e. The van der Waals surface area contributed by atoms with Crippen LogP contribution in [0.2, 0.25) is 0 Å². The minimum atomic E-state index is -0.635. The van der Waals surface area contributed by atoms with Crippen LogP contribution >= 0.6 is 0 Å². The van der Waals surface area contributed by atoms with Crippen LogP contribution in [0.3, 0.4) is 0 Å². The third-order valence-corrected chi connectivity index (χ3v) is 5.07. The molecule has 34 heavy (non-hydrogen) atoms. The van der Waals surface area contributed by atoms with Gasteiger partial charge in [0.2, 0.25) is 0 Å². The predicted molar refractivity (Wildman–Crippen MR) is 124 cm³/mol. The highest BCUT2D eigenvalue weighted by atomic mass is 19.1. The number of nitrogens with zero attached hydrogens (tertiary/aromatic N) is 5. The van der Waals surface area contributed by atoms with Gasteiger partial charge in [0.15, 0.2) is 17.3 Å². The summed E-state index contributed by atoms with van der Waals surface area (Å²) in [5, 5.41) is 22.1. The van der Waals surface area contributed by atoms with E-state index in [4.69, 9.17) is 0 Å². The van der Waals surface area contributed by atoms with Crippen LogP contribution < -0.4 is 21.5 Å². The summed E-state index contributed by atoms with van der Waals surface area (Å²) >= 11 is 0. The second-order valence-electron chi connectivity index (χ2n) is 7.60. The van der Waals surface area contributed by atoms with E-state index in [0.717, 1.165) is 4.57 Å². The van der Waals surface area contributed by atoms with Crippen LogP contribution in [-0.2, 0) is 0 Å². The molecule has 0 spiro atoms. The molecule has 1 unspecified atom stereocenters. The summed E-state index contributed by atoms with van der Waals surface area (Å²) in [6, 6.07) is 7.39. The lowest BCUT2D eigenvalue weighted by Crippen LogP contribution is -2.29. The van der Waals surface area contributed by atoms with Crippen LogP contribution in [0.1, 0.15) is 17.3 Å². The maximum atomic E-state index is 14.2. The summed E-state index contributed by atoms with van der Waals surface area (Å²) in [5.41, 5.74) is 0.0906. The predicted octanol–water partition coefficient (Wildman–Crippen LogP) is 1.56. The molecule has 4 aromatic rings. The van der Waals surface area contributed by atoms with E-state index in [-0.39, 0.29) is 47.6 Å². The van der Waals surface area contributed by atoms with Gasteiger partial charge in [-0.25, -0.2) is 14.4 Å². The van der Waals surface area contributed by atoms with Crippen molar-refractivity contribution in [1.29, 1.82) is 0 Å². The number of hydrogen-bond acceptors (Lipinski definition) is 8. The van der Waals surface area contributed by atoms with Gasteiger partial charge in [0.05, 0.1) is 6.20 Å². The second-order valence-corrected chi connectivity index (χ2v) is 7.60. The Morgan fingerprint density at radius 1 is 1.29 bits per heavy atom. The molecule has 0 bridgehead atoms. The van der Waals surface area contributed by atoms with E-state index in [1.807, 2.05) is 0 Å². The van der Waals surface area contributed by atoms with Crippen LogP contribution in [0.4, 0.5) is 21.7 Å². The minimum absolute atomic E-state index is 0.0533. The molecule has 0 fully saturated rings. The molecule has 1 atom stereocenters. The molecule has 4 rings (SSSR count). The number of aliphatic hydroxyl groups excluding tert-OH is 1. The SMILES string of the molecule is CNc1cc(Nc2cccn(-c3ncccc3F)c2=O)nc2c(C(=O)NCC(C)CO)cnn12. The maximum Gasteiger partial charge on any atom is 0.280 e. The van der Waals surface area contributed by atoms with Crippen LogP contribution in [0.15, 0.2) is 53.7 Å². The Labute approximate surface area is 193 Å². The van der Waals surface area contributed by atoms with E-state index >= 15 is 0 Å². The molecule has 11 nitrogen and oxygen atoms in total. The number of amides is 1. The van der Waals surface area contributed by atoms with Crippen molar-refractivity contribution in [1.82, 2.24) is 29.5 Å². The van der Waals surface area contributed by atoms with Gasteiger partial charge >= 0.3 is 0 Å². The van der Waals surface area contributed by atoms with Crippen molar-refractivity contribution in [3.05, 3.63) is 70.7 Å². The van der Waals surface area contributed by atoms with Crippen LogP contribution in [0.5, 0.6) is 0 Å². The second kappa shape index (κ2) is 9.67. The summed E-state index contributed by atoms with van der Waals surface area (Å²) in [6.07, 6.45) is 4.21. The summed E-state index contributed by atoms with van der Waals surface area (Å²) in [7, 11) is 1.68. The summed E-state index contributed by atoms with van der Waals surface area (Å²) in [5.74, 6) is -0.469. The zero-order valence-electron chi connectivity index (χ0n) is 18.5. The molecular weight excluding hydrogens is 443 g/mol. The first-order valence-corrected chi connectivity index (χ1v) is 10.5. The lowest BCUT2D eigenvalue weighted by molar-refractivity contribution is 0.0943. The quantitative estimate of drug-likeness (QED) is 0.307. The first-order valence-electron chi connectivity index (χ1n) is 10.5. The van der Waals surface area contributed by atoms with Gasteiger partial charge in [0, 0.05) is 38.7 Å². The highest BCUT2D eigenvalue weighted by Gasteiger charge is 2.18. The summed E-state index contributed by atoms with van der Waals surface area (Å²) < 4.78 is 16.7. The number of hydrogen-bond donors (Lipinski definition) is 4. The molecule has 4 aromatic heterocycles. The van der Waals surface area contributed by atoms with Crippen molar-refractivity contribution < 1.29 is 14.3 Å². The summed E-state index contributed by atoms with van der Waals surface area (Å²) in [4.78, 5) is 34.1. The smallest absolute Gasteiger partial charge is 0.280 e. The molecule has 12 heteroatoms. The zero-order chi connectivity index (χ0) is 24.2. The van der Waals surface area contributed by atoms with Crippen LogP contribution in [0, 0.1) is 11.7 Å². The lowest BCUT2D eigenvalue weighted by Gasteiger charge is -2.12. The fraction of sp³-hybridized carbons (Fsp3) is 0.227. The van der Waals surface area contributed by atoms with Gasteiger partial charge in [-0.2, -0.15) is 9.61 Å². The topological polar surface area (TPSA) is 138 Å². The zero-order valence-corrected chi connectivity index (χ0v) is 18.5. The van der Waals surface area contributed by atoms with E-state index in [0.29, 0.717) is 5.82 Å². The number of carbonyl (C=O) groups excluding carboxylic acids is 1. The number of carbonyl (C=O) groups is 1. The Bertz CT molecular complexity index is 1400. The molecule has 176 valence electrons. The third-order valence-electron chi connectivity index (χ3n) is 5.07. The maximum absolute atomic E-state index is 14.2. The van der Waals surface area contributed by atoms with E-state index in [9.17, 15) is 19.1 Å². The van der Waals surface area contributed by atoms with Gasteiger partial charge in [-0.05, 0) is 30.2 Å². The Morgan fingerprint density at radius 3 is 2.85 bits per heavy atom. The van der Waals surface area contributed by atoms with Gasteiger partial charge in [0.1, 0.15) is 22.9 Å². The fourth-order valence-corrected chi connectivity index (χ4v) is 3.24. The van der Waals surface area contributed by atoms with Crippen molar-refractivity contribution in [2.24, 2.45) is 5.92 Å². The lowest BCUT2D eigenvalue weighted by atomic mass is 10.2. The standard InChI is InChI=1S/C22H23FN8O3/c1-13(12-32)10-26-21(33)14-11-27-31-18(24-2)9-17(29-19(14)31)28-16-6-4-8-30(22(16)34)20-15(23)5-3-7-25-20/h3-9,11,13,24,32H,10,12H2,1-2H3,(H,26,33)(H,28,29). The van der Waals surface area contributed by atoms with Gasteiger partial charge < -0.3 is 21.1 Å². The Balaban J connectivity index is 1.71. The number of fused-ring (bicyclic) bond motifs is 1. The molecule has 4 heterocycles. The average molecular weight is 466 g/mol. The molecule has 0 aliphatic carbocycles. The van der Waals surface area contributed by atoms with E-state index < -0.39 is 17.3 Å². The first kappa shape index (κ1) is 22.9. The summed E-state index contributed by atoms with van der Waals surface area (Å²) in [6.45, 7) is 2.04. The van der Waals surface area contributed by atoms with E-state index in [1.165, 1.54) is 41.3 Å². The average Bonchev–Trinajstić information content (AvgIpc) is 3.27. The Morgan fingerprint density at radius 2 is 2.12 bits per heavy atom. The number of halogens is 1. The number of aliphatic hydroxyl groups is 1. The highest BCUT2D eigenvalue weighted by Crippen LogP contribution is 2.21. The Hall–Kier alpha value is -4.32. The fourth-order valence-electron chi connectivity index (χ4n) is 3.24. The molecule has 0 saturated heterocycles. The molecule has 0 saturated carbocycles. The molecular formula is C22H23FN8O3. The molecule has 0 radical (unpaired) electrons. The molecule has 4 N–H and O–H groups in total. The van der Waals surface area contributed by atoms with Crippen molar-refractivity contribution in [3.8, 4) is 5.82 Å². The van der Waals surface area contributed by atoms with Gasteiger partial charge in [-0.3, -0.25) is 14.2 Å². The number of aromatic nitrogens is 5. The van der Waals surface area contributed by atoms with E-state index in [2.05, 4.69) is 31.0 Å². The first-order chi connectivity index (χ1) is 16.4. The van der Waals surface area contributed by atoms with Crippen molar-refractivity contribution in [2.45, 2.75) is 6.92 Å². The normalized spacial score (nSPS) is 11.9. The van der Waals surface area contributed by atoms with Crippen molar-refractivity contribution in [3.63, 3.8) is 0 Å². The number of nitrogens with one attached hydrogen (secondary N) is 3. The Kier molecular flexibility index (Phi) is 6.50. The van der Waals surface area contributed by atoms with Crippen LogP contribution in [0.25, 0.3) is 11.5 Å². The number of pyridine rings is 2. The molecule has 0 aromatic carbocycles. The molecule has 0 aliphatic heterocycles. The van der Waals surface area contributed by atoms with Gasteiger partial charge in [-0.1, -0.05) is 6.92 Å². The highest BCUT2D eigenvalue weighted by molar-refractivity contribution is 6.00. The van der Waals surface area contributed by atoms with Crippen molar-refractivity contribution >= 4 is 28.9 Å². The van der Waals surface area contributed by atoms with Crippen LogP contribution in [-0.4, -0.2) is 55.4 Å². The third kappa shape index (κ3) is 4.43.